The van der Waals surface area contributed by atoms with Gasteiger partial charge in [0.25, 0.3) is 0 Å². The molecule has 1 rings (SSSR count). The van der Waals surface area contributed by atoms with Crippen LogP contribution in [0.2, 0.25) is 0 Å². The zero-order chi connectivity index (χ0) is 11.4. The smallest absolute Gasteiger partial charge is 0.407 e. The minimum absolute atomic E-state index is 0.226. The zero-order valence-electron chi connectivity index (χ0n) is 10.1. The molecule has 0 aromatic rings. The quantitative estimate of drug-likeness (QED) is 0.756. The van der Waals surface area contributed by atoms with E-state index in [0.717, 1.165) is 19.5 Å². The molecule has 1 aliphatic heterocycles. The molecule has 1 heterocycles. The molecule has 0 saturated carbocycles. The fourth-order valence-electron chi connectivity index (χ4n) is 2.14. The van der Waals surface area contributed by atoms with Crippen molar-refractivity contribution in [1.29, 1.82) is 0 Å². The van der Waals surface area contributed by atoms with Crippen molar-refractivity contribution in [1.82, 2.24) is 10.2 Å². The number of hydrogen-bond acceptors (Lipinski definition) is 3. The molecular weight excluding hydrogens is 192 g/mol. The monoisotopic (exact) mass is 214 g/mol. The van der Waals surface area contributed by atoms with Gasteiger partial charge in [0.1, 0.15) is 0 Å². The fourth-order valence-corrected chi connectivity index (χ4v) is 2.14. The second-order valence-electron chi connectivity index (χ2n) is 4.72. The lowest BCUT2D eigenvalue weighted by Gasteiger charge is -2.38. The maximum absolute atomic E-state index is 11.1. The van der Waals surface area contributed by atoms with Crippen molar-refractivity contribution >= 4 is 6.09 Å². The Balaban J connectivity index is 2.48. The number of rotatable bonds is 2. The summed E-state index contributed by atoms with van der Waals surface area (Å²) in [6.07, 6.45) is 0.719. The first-order valence-electron chi connectivity index (χ1n) is 5.61. The van der Waals surface area contributed by atoms with Gasteiger partial charge in [0.2, 0.25) is 0 Å². The molecule has 0 spiro atoms. The summed E-state index contributed by atoms with van der Waals surface area (Å²) >= 11 is 0. The third-order valence-corrected chi connectivity index (χ3v) is 2.93. The van der Waals surface area contributed by atoms with Crippen LogP contribution in [-0.2, 0) is 4.74 Å². The van der Waals surface area contributed by atoms with Gasteiger partial charge in [0.05, 0.1) is 7.11 Å². The van der Waals surface area contributed by atoms with E-state index in [1.807, 2.05) is 0 Å². The lowest BCUT2D eigenvalue weighted by Crippen LogP contribution is -2.52. The normalized spacial score (nSPS) is 27.8. The second kappa shape index (κ2) is 5.35. The maximum atomic E-state index is 11.1. The summed E-state index contributed by atoms with van der Waals surface area (Å²) in [5, 5.41) is 2.88. The number of nitrogens with one attached hydrogen (secondary N) is 1. The summed E-state index contributed by atoms with van der Waals surface area (Å²) < 4.78 is 4.62. The number of piperidine rings is 1. The van der Waals surface area contributed by atoms with Crippen LogP contribution in [0, 0.1) is 5.92 Å². The zero-order valence-corrected chi connectivity index (χ0v) is 10.1. The van der Waals surface area contributed by atoms with E-state index in [9.17, 15) is 4.79 Å². The van der Waals surface area contributed by atoms with E-state index in [4.69, 9.17) is 0 Å². The van der Waals surface area contributed by atoms with Gasteiger partial charge in [-0.05, 0) is 26.2 Å². The van der Waals surface area contributed by atoms with E-state index in [2.05, 4.69) is 35.7 Å². The van der Waals surface area contributed by atoms with Gasteiger partial charge in [-0.15, -0.1) is 0 Å². The molecule has 1 amide bonds. The highest BCUT2D eigenvalue weighted by Gasteiger charge is 2.27. The van der Waals surface area contributed by atoms with Gasteiger partial charge in [-0.3, -0.25) is 4.90 Å². The van der Waals surface area contributed by atoms with Crippen LogP contribution in [0.3, 0.4) is 0 Å². The fraction of sp³-hybridized carbons (Fsp3) is 0.909. The third-order valence-electron chi connectivity index (χ3n) is 2.93. The van der Waals surface area contributed by atoms with Gasteiger partial charge in [-0.1, -0.05) is 6.92 Å². The average Bonchev–Trinajstić information content (AvgIpc) is 2.16. The molecule has 88 valence electrons. The number of carbonyl (C=O) groups is 1. The molecule has 0 aliphatic carbocycles. The van der Waals surface area contributed by atoms with Crippen molar-refractivity contribution in [3.63, 3.8) is 0 Å². The lowest BCUT2D eigenvalue weighted by molar-refractivity contribution is 0.109. The molecule has 0 aromatic heterocycles. The van der Waals surface area contributed by atoms with Gasteiger partial charge < -0.3 is 10.1 Å². The maximum Gasteiger partial charge on any atom is 0.407 e. The van der Waals surface area contributed by atoms with Crippen LogP contribution in [0.5, 0.6) is 0 Å². The van der Waals surface area contributed by atoms with Crippen molar-refractivity contribution in [3.8, 4) is 0 Å². The highest BCUT2D eigenvalue weighted by atomic mass is 16.5. The minimum atomic E-state index is -0.321. The van der Waals surface area contributed by atoms with E-state index in [-0.39, 0.29) is 12.1 Å². The van der Waals surface area contributed by atoms with Gasteiger partial charge in [0.15, 0.2) is 0 Å². The van der Waals surface area contributed by atoms with Gasteiger partial charge >= 0.3 is 6.09 Å². The Morgan fingerprint density at radius 1 is 1.47 bits per heavy atom. The first-order chi connectivity index (χ1) is 7.02. The minimum Gasteiger partial charge on any atom is -0.453 e. The largest absolute Gasteiger partial charge is 0.453 e. The van der Waals surface area contributed by atoms with E-state index < -0.39 is 0 Å². The molecule has 4 heteroatoms. The van der Waals surface area contributed by atoms with E-state index in [1.54, 1.807) is 0 Å². The molecule has 2 unspecified atom stereocenters. The Hall–Kier alpha value is -0.770. The molecular formula is C11H22N2O2. The Labute approximate surface area is 92.0 Å². The number of hydrogen-bond donors (Lipinski definition) is 1. The Bertz CT molecular complexity index is 219. The highest BCUT2D eigenvalue weighted by molar-refractivity contribution is 5.67. The molecule has 1 aliphatic rings. The van der Waals surface area contributed by atoms with Crippen LogP contribution in [-0.4, -0.2) is 43.3 Å². The van der Waals surface area contributed by atoms with Crippen LogP contribution < -0.4 is 5.32 Å². The standard InChI is InChI=1S/C11H22N2O2/c1-8(2)13-6-9(3)5-10(7-13)12-11(14)15-4/h8-10H,5-7H2,1-4H3,(H,12,14). The van der Waals surface area contributed by atoms with Gasteiger partial charge in [-0.2, -0.15) is 0 Å². The Morgan fingerprint density at radius 2 is 2.13 bits per heavy atom. The topological polar surface area (TPSA) is 41.6 Å². The summed E-state index contributed by atoms with van der Waals surface area (Å²) in [5.41, 5.74) is 0. The number of carbonyl (C=O) groups excluding carboxylic acids is 1. The van der Waals surface area contributed by atoms with Crippen LogP contribution in [0.15, 0.2) is 0 Å². The van der Waals surface area contributed by atoms with Crippen LogP contribution in [0.1, 0.15) is 27.2 Å². The van der Waals surface area contributed by atoms with Crippen molar-refractivity contribution in [3.05, 3.63) is 0 Å². The molecule has 1 fully saturated rings. The van der Waals surface area contributed by atoms with E-state index >= 15 is 0 Å². The lowest BCUT2D eigenvalue weighted by atomic mass is 9.95. The molecule has 0 aromatic carbocycles. The molecule has 2 atom stereocenters. The highest BCUT2D eigenvalue weighted by Crippen LogP contribution is 2.18. The predicted octanol–water partition coefficient (Wildman–Crippen LogP) is 1.46. The van der Waals surface area contributed by atoms with Crippen molar-refractivity contribution in [2.45, 2.75) is 39.3 Å². The van der Waals surface area contributed by atoms with Crippen LogP contribution in [0.25, 0.3) is 0 Å². The third kappa shape index (κ3) is 3.70. The van der Waals surface area contributed by atoms with Gasteiger partial charge in [-0.25, -0.2) is 4.79 Å². The van der Waals surface area contributed by atoms with Crippen LogP contribution in [0.4, 0.5) is 4.79 Å². The molecule has 0 radical (unpaired) electrons. The summed E-state index contributed by atoms with van der Waals surface area (Å²) in [4.78, 5) is 13.5. The molecule has 15 heavy (non-hydrogen) atoms. The summed E-state index contributed by atoms with van der Waals surface area (Å²) in [5.74, 6) is 0.628. The predicted molar refractivity (Wildman–Crippen MR) is 59.8 cm³/mol. The second-order valence-corrected chi connectivity index (χ2v) is 4.72. The van der Waals surface area contributed by atoms with Crippen molar-refractivity contribution in [2.75, 3.05) is 20.2 Å². The number of ether oxygens (including phenoxy) is 1. The number of amides is 1. The molecule has 1 N–H and O–H groups in total. The van der Waals surface area contributed by atoms with Crippen molar-refractivity contribution in [2.24, 2.45) is 5.92 Å². The molecule has 1 saturated heterocycles. The SMILES string of the molecule is COC(=O)NC1CC(C)CN(C(C)C)C1. The van der Waals surface area contributed by atoms with Crippen molar-refractivity contribution < 1.29 is 9.53 Å². The van der Waals surface area contributed by atoms with Gasteiger partial charge in [0, 0.05) is 25.2 Å². The molecule has 0 bridgehead atoms. The summed E-state index contributed by atoms with van der Waals surface area (Å²) in [6, 6.07) is 0.762. The number of likely N-dealkylation sites (tertiary alicyclic amines) is 1. The Kier molecular flexibility index (Phi) is 4.39. The number of alkyl carbamates (subject to hydrolysis) is 1. The molecule has 4 nitrogen and oxygen atoms in total. The average molecular weight is 214 g/mol. The number of nitrogens with zero attached hydrogens (tertiary/aromatic N) is 1. The van der Waals surface area contributed by atoms with E-state index in [0.29, 0.717) is 12.0 Å². The Morgan fingerprint density at radius 3 is 2.67 bits per heavy atom. The first kappa shape index (κ1) is 12.3. The number of methoxy groups -OCH3 is 1. The summed E-state index contributed by atoms with van der Waals surface area (Å²) in [6.45, 7) is 8.65. The summed E-state index contributed by atoms with van der Waals surface area (Å²) in [7, 11) is 1.40. The van der Waals surface area contributed by atoms with E-state index in [1.165, 1.54) is 7.11 Å². The first-order valence-corrected chi connectivity index (χ1v) is 5.61. The van der Waals surface area contributed by atoms with Crippen LogP contribution >= 0.6 is 0 Å².